The molecule has 0 bridgehead atoms. The molecule has 0 atom stereocenters. The fourth-order valence-corrected chi connectivity index (χ4v) is 1.91. The quantitative estimate of drug-likeness (QED) is 0.781. The van der Waals surface area contributed by atoms with Crippen molar-refractivity contribution in [2.45, 2.75) is 19.9 Å². The van der Waals surface area contributed by atoms with E-state index in [0.29, 0.717) is 23.0 Å². The van der Waals surface area contributed by atoms with Crippen LogP contribution in [0.2, 0.25) is 5.02 Å². The average molecular weight is 253 g/mol. The number of aromatic nitrogens is 4. The van der Waals surface area contributed by atoms with E-state index >= 15 is 0 Å². The molecule has 0 saturated heterocycles. The number of hydrogen-bond donors (Lipinski definition) is 0. The largest absolute Gasteiger partial charge is 0.285 e. The topological polar surface area (TPSA) is 52.7 Å². The highest BCUT2D eigenvalue weighted by molar-refractivity contribution is 6.34. The maximum atomic E-state index is 12.3. The summed E-state index contributed by atoms with van der Waals surface area (Å²) in [4.78, 5) is 12.3. The van der Waals surface area contributed by atoms with E-state index in [2.05, 4.69) is 10.2 Å². The first-order chi connectivity index (χ1) is 8.15. The summed E-state index contributed by atoms with van der Waals surface area (Å²) in [7, 11) is 1.72. The van der Waals surface area contributed by atoms with Gasteiger partial charge >= 0.3 is 0 Å². The summed E-state index contributed by atoms with van der Waals surface area (Å²) in [6, 6.07) is 1.67. The molecule has 0 amide bonds. The molecule has 2 aromatic rings. The van der Waals surface area contributed by atoms with Gasteiger partial charge in [-0.1, -0.05) is 18.5 Å². The molecule has 0 spiro atoms. The Morgan fingerprint density at radius 1 is 1.47 bits per heavy atom. The Morgan fingerprint density at radius 3 is 2.82 bits per heavy atom. The molecular weight excluding hydrogens is 240 g/mol. The molecule has 0 radical (unpaired) electrons. The van der Waals surface area contributed by atoms with E-state index in [1.54, 1.807) is 24.0 Å². The van der Waals surface area contributed by atoms with Crippen LogP contribution in [0.25, 0.3) is 0 Å². The van der Waals surface area contributed by atoms with Gasteiger partial charge in [-0.15, -0.1) is 0 Å². The lowest BCUT2D eigenvalue weighted by Crippen LogP contribution is -2.15. The van der Waals surface area contributed by atoms with Crippen molar-refractivity contribution in [3.8, 4) is 0 Å². The van der Waals surface area contributed by atoms with Crippen LogP contribution in [-0.4, -0.2) is 25.3 Å². The molecule has 2 rings (SSSR count). The number of carbonyl (C=O) groups is 1. The van der Waals surface area contributed by atoms with E-state index in [-0.39, 0.29) is 5.78 Å². The molecule has 0 aromatic carbocycles. The van der Waals surface area contributed by atoms with Gasteiger partial charge in [0.25, 0.3) is 0 Å². The Kier molecular flexibility index (Phi) is 3.28. The molecule has 0 N–H and O–H groups in total. The average Bonchev–Trinajstić information content (AvgIpc) is 2.86. The standard InChI is InChI=1S/C11H13ClN4O/c1-3-6-16-10(8(12)7-14-16)11(17)9-4-5-13-15(9)2/h4-5,7H,3,6H2,1-2H3. The van der Waals surface area contributed by atoms with Crippen molar-refractivity contribution in [2.75, 3.05) is 0 Å². The molecule has 0 aliphatic rings. The zero-order chi connectivity index (χ0) is 12.4. The number of carbonyl (C=O) groups excluding carboxylic acids is 1. The first-order valence-electron chi connectivity index (χ1n) is 5.39. The summed E-state index contributed by atoms with van der Waals surface area (Å²) >= 11 is 6.01. The van der Waals surface area contributed by atoms with Crippen LogP contribution < -0.4 is 0 Å². The highest BCUT2D eigenvalue weighted by Gasteiger charge is 2.21. The van der Waals surface area contributed by atoms with E-state index in [9.17, 15) is 4.79 Å². The van der Waals surface area contributed by atoms with Crippen LogP contribution in [0.15, 0.2) is 18.5 Å². The van der Waals surface area contributed by atoms with Crippen LogP contribution in [0, 0.1) is 0 Å². The van der Waals surface area contributed by atoms with Gasteiger partial charge in [0.05, 0.1) is 11.2 Å². The summed E-state index contributed by atoms with van der Waals surface area (Å²) in [6.07, 6.45) is 3.98. The summed E-state index contributed by atoms with van der Waals surface area (Å²) < 4.78 is 3.17. The first-order valence-corrected chi connectivity index (χ1v) is 5.77. The second-order valence-electron chi connectivity index (χ2n) is 3.73. The van der Waals surface area contributed by atoms with Crippen LogP contribution >= 0.6 is 11.6 Å². The fraction of sp³-hybridized carbons (Fsp3) is 0.364. The Hall–Kier alpha value is -1.62. The number of rotatable bonds is 4. The summed E-state index contributed by atoms with van der Waals surface area (Å²) in [5.74, 6) is -0.152. The second kappa shape index (κ2) is 4.71. The fourth-order valence-electron chi connectivity index (χ4n) is 1.69. The van der Waals surface area contributed by atoms with Crippen molar-refractivity contribution >= 4 is 17.4 Å². The van der Waals surface area contributed by atoms with Crippen molar-refractivity contribution in [1.82, 2.24) is 19.6 Å². The number of nitrogens with zero attached hydrogens (tertiary/aromatic N) is 4. The van der Waals surface area contributed by atoms with Gasteiger partial charge in [-0.2, -0.15) is 10.2 Å². The minimum atomic E-state index is -0.152. The molecule has 0 fully saturated rings. The molecule has 17 heavy (non-hydrogen) atoms. The molecule has 6 heteroatoms. The predicted molar refractivity (Wildman–Crippen MR) is 64.2 cm³/mol. The minimum absolute atomic E-state index is 0.152. The van der Waals surface area contributed by atoms with Crippen molar-refractivity contribution in [2.24, 2.45) is 7.05 Å². The molecule has 0 aliphatic carbocycles. The van der Waals surface area contributed by atoms with Crippen LogP contribution in [0.1, 0.15) is 29.5 Å². The van der Waals surface area contributed by atoms with Gasteiger partial charge in [0.15, 0.2) is 0 Å². The van der Waals surface area contributed by atoms with Crippen LogP contribution in [0.4, 0.5) is 0 Å². The van der Waals surface area contributed by atoms with Gasteiger partial charge in [0.2, 0.25) is 5.78 Å². The molecule has 2 heterocycles. The summed E-state index contributed by atoms with van der Waals surface area (Å²) in [5, 5.41) is 8.46. The van der Waals surface area contributed by atoms with Gasteiger partial charge in [-0.25, -0.2) is 0 Å². The summed E-state index contributed by atoms with van der Waals surface area (Å²) in [5.41, 5.74) is 0.932. The molecule has 2 aromatic heterocycles. The molecule has 0 aliphatic heterocycles. The van der Waals surface area contributed by atoms with Gasteiger partial charge < -0.3 is 0 Å². The van der Waals surface area contributed by atoms with E-state index in [0.717, 1.165) is 6.42 Å². The van der Waals surface area contributed by atoms with E-state index in [1.807, 2.05) is 6.92 Å². The molecule has 90 valence electrons. The zero-order valence-electron chi connectivity index (χ0n) is 9.72. The number of hydrogen-bond acceptors (Lipinski definition) is 3. The maximum Gasteiger partial charge on any atom is 0.230 e. The third-order valence-electron chi connectivity index (χ3n) is 2.50. The van der Waals surface area contributed by atoms with Gasteiger partial charge in [-0.05, 0) is 12.5 Å². The summed E-state index contributed by atoms with van der Waals surface area (Å²) in [6.45, 7) is 2.69. The minimum Gasteiger partial charge on any atom is -0.285 e. The first kappa shape index (κ1) is 11.9. The lowest BCUT2D eigenvalue weighted by molar-refractivity contribution is 0.102. The van der Waals surface area contributed by atoms with E-state index in [1.165, 1.54) is 10.9 Å². The van der Waals surface area contributed by atoms with Gasteiger partial charge in [0.1, 0.15) is 11.4 Å². The lowest BCUT2D eigenvalue weighted by atomic mass is 10.2. The second-order valence-corrected chi connectivity index (χ2v) is 4.14. The normalized spacial score (nSPS) is 10.8. The van der Waals surface area contributed by atoms with Crippen molar-refractivity contribution in [3.63, 3.8) is 0 Å². The SMILES string of the molecule is CCCn1ncc(Cl)c1C(=O)c1ccnn1C. The molecule has 0 unspecified atom stereocenters. The number of halogens is 1. The van der Waals surface area contributed by atoms with Crippen LogP contribution in [0.5, 0.6) is 0 Å². The van der Waals surface area contributed by atoms with Crippen molar-refractivity contribution < 1.29 is 4.79 Å². The van der Waals surface area contributed by atoms with Gasteiger partial charge in [0, 0.05) is 19.8 Å². The van der Waals surface area contributed by atoms with E-state index < -0.39 is 0 Å². The Bertz CT molecular complexity index is 543. The maximum absolute atomic E-state index is 12.3. The third-order valence-corrected chi connectivity index (χ3v) is 2.78. The van der Waals surface area contributed by atoms with Gasteiger partial charge in [-0.3, -0.25) is 14.2 Å². The lowest BCUT2D eigenvalue weighted by Gasteiger charge is -2.05. The molecule has 5 nitrogen and oxygen atoms in total. The van der Waals surface area contributed by atoms with E-state index in [4.69, 9.17) is 11.6 Å². The third kappa shape index (κ3) is 2.10. The Morgan fingerprint density at radius 2 is 2.24 bits per heavy atom. The Labute approximate surface area is 104 Å². The van der Waals surface area contributed by atoms with Crippen LogP contribution in [-0.2, 0) is 13.6 Å². The number of ketones is 1. The number of aryl methyl sites for hydroxylation is 2. The van der Waals surface area contributed by atoms with Crippen molar-refractivity contribution in [3.05, 3.63) is 34.9 Å². The Balaban J connectivity index is 2.43. The zero-order valence-corrected chi connectivity index (χ0v) is 10.5. The van der Waals surface area contributed by atoms with Crippen LogP contribution in [0.3, 0.4) is 0 Å². The molecule has 0 saturated carbocycles. The highest BCUT2D eigenvalue weighted by Crippen LogP contribution is 2.19. The molecular formula is C11H13ClN4O. The highest BCUT2D eigenvalue weighted by atomic mass is 35.5. The van der Waals surface area contributed by atoms with Crippen molar-refractivity contribution in [1.29, 1.82) is 0 Å². The predicted octanol–water partition coefficient (Wildman–Crippen LogP) is 1.91. The smallest absolute Gasteiger partial charge is 0.230 e. The monoisotopic (exact) mass is 252 g/mol.